The Kier molecular flexibility index (Phi) is 4.50. The lowest BCUT2D eigenvalue weighted by atomic mass is 10.2. The maximum Gasteiger partial charge on any atom is 0.339 e. The number of aromatic nitrogens is 1. The van der Waals surface area contributed by atoms with Gasteiger partial charge in [0, 0.05) is 18.5 Å². The van der Waals surface area contributed by atoms with Crippen LogP contribution < -0.4 is 0 Å². The van der Waals surface area contributed by atoms with Crippen molar-refractivity contribution in [1.29, 1.82) is 0 Å². The Hall–Kier alpha value is -2.56. The fourth-order valence-electron chi connectivity index (χ4n) is 1.01. The Bertz CT molecular complexity index is 458. The van der Waals surface area contributed by atoms with Crippen molar-refractivity contribution in [2.24, 2.45) is 0 Å². The van der Waals surface area contributed by atoms with E-state index >= 15 is 0 Å². The maximum absolute atomic E-state index is 10.3. The number of carbonyl (C=O) groups is 1. The molecular formula is C12H11NO4. The summed E-state index contributed by atoms with van der Waals surface area (Å²) in [5.41, 5.74) is -0.220. The summed E-state index contributed by atoms with van der Waals surface area (Å²) in [6.07, 6.45) is 3.50. The molecule has 3 N–H and O–H groups in total. The van der Waals surface area contributed by atoms with Crippen molar-refractivity contribution in [2.75, 3.05) is 0 Å². The summed E-state index contributed by atoms with van der Waals surface area (Å²) in [5, 5.41) is 26.1. The van der Waals surface area contributed by atoms with Gasteiger partial charge in [-0.1, -0.05) is 6.07 Å². The van der Waals surface area contributed by atoms with Crippen LogP contribution >= 0.6 is 0 Å². The van der Waals surface area contributed by atoms with E-state index in [1.54, 1.807) is 12.4 Å². The molecule has 0 fully saturated rings. The Morgan fingerprint density at radius 1 is 1.06 bits per heavy atom. The molecule has 5 heteroatoms. The zero-order chi connectivity index (χ0) is 12.7. The standard InChI is InChI=1S/C7H6O4.C5H5N/c8-4-1-2-5(7(10)11)6(9)3-4;1-2-4-6-5-3-1/h1-3,8-9H,(H,10,11);1-5H. The lowest BCUT2D eigenvalue weighted by Crippen LogP contribution is -1.95. The molecule has 0 aliphatic carbocycles. The number of hydrogen-bond donors (Lipinski definition) is 3. The van der Waals surface area contributed by atoms with E-state index in [4.69, 9.17) is 15.3 Å². The molecule has 0 aliphatic heterocycles. The second kappa shape index (κ2) is 6.12. The first-order chi connectivity index (χ1) is 8.11. The van der Waals surface area contributed by atoms with Crippen molar-refractivity contribution in [2.45, 2.75) is 0 Å². The molecule has 17 heavy (non-hydrogen) atoms. The van der Waals surface area contributed by atoms with E-state index < -0.39 is 11.7 Å². The minimum Gasteiger partial charge on any atom is -0.508 e. The number of hydrogen-bond acceptors (Lipinski definition) is 4. The van der Waals surface area contributed by atoms with E-state index in [-0.39, 0.29) is 11.3 Å². The van der Waals surface area contributed by atoms with Crippen LogP contribution in [-0.4, -0.2) is 26.3 Å². The molecule has 1 aromatic carbocycles. The molecule has 0 atom stereocenters. The number of nitrogens with zero attached hydrogens (tertiary/aromatic N) is 1. The highest BCUT2D eigenvalue weighted by Gasteiger charge is 2.08. The van der Waals surface area contributed by atoms with Gasteiger partial charge in [0.15, 0.2) is 0 Å². The highest BCUT2D eigenvalue weighted by Crippen LogP contribution is 2.21. The molecule has 0 unspecified atom stereocenters. The van der Waals surface area contributed by atoms with Crippen LogP contribution in [-0.2, 0) is 0 Å². The average Bonchev–Trinajstić information content (AvgIpc) is 2.31. The number of aromatic hydroxyl groups is 2. The van der Waals surface area contributed by atoms with Gasteiger partial charge in [0.1, 0.15) is 17.1 Å². The third-order valence-corrected chi connectivity index (χ3v) is 1.78. The normalized spacial score (nSPS) is 8.94. The van der Waals surface area contributed by atoms with Crippen molar-refractivity contribution >= 4 is 5.97 Å². The van der Waals surface area contributed by atoms with Gasteiger partial charge in [0.05, 0.1) is 0 Å². The molecule has 88 valence electrons. The molecule has 0 saturated carbocycles. The number of carboxylic acid groups (broad SMARTS) is 1. The van der Waals surface area contributed by atoms with Crippen molar-refractivity contribution in [3.05, 3.63) is 54.4 Å². The number of aromatic carboxylic acids is 1. The summed E-state index contributed by atoms with van der Waals surface area (Å²) in [5.74, 6) is -1.81. The zero-order valence-electron chi connectivity index (χ0n) is 8.82. The molecule has 0 bridgehead atoms. The number of phenols is 2. The van der Waals surface area contributed by atoms with Gasteiger partial charge in [-0.2, -0.15) is 0 Å². The molecule has 0 saturated heterocycles. The van der Waals surface area contributed by atoms with Crippen LogP contribution in [0.25, 0.3) is 0 Å². The molecule has 0 aliphatic rings. The van der Waals surface area contributed by atoms with Crippen molar-refractivity contribution in [3.63, 3.8) is 0 Å². The quantitative estimate of drug-likeness (QED) is 0.699. The molecule has 2 aromatic rings. The summed E-state index contributed by atoms with van der Waals surface area (Å²) >= 11 is 0. The highest BCUT2D eigenvalue weighted by atomic mass is 16.4. The second-order valence-electron chi connectivity index (χ2n) is 3.03. The molecule has 0 radical (unpaired) electrons. The van der Waals surface area contributed by atoms with E-state index in [1.807, 2.05) is 18.2 Å². The molecule has 2 rings (SSSR count). The lowest BCUT2D eigenvalue weighted by Gasteiger charge is -1.97. The van der Waals surface area contributed by atoms with Gasteiger partial charge >= 0.3 is 5.97 Å². The summed E-state index contributed by atoms with van der Waals surface area (Å²) < 4.78 is 0. The smallest absolute Gasteiger partial charge is 0.339 e. The average molecular weight is 233 g/mol. The van der Waals surface area contributed by atoms with Crippen LogP contribution in [0.15, 0.2) is 48.8 Å². The van der Waals surface area contributed by atoms with Gasteiger partial charge in [-0.3, -0.25) is 4.98 Å². The van der Waals surface area contributed by atoms with E-state index in [1.165, 1.54) is 6.07 Å². The summed E-state index contributed by atoms with van der Waals surface area (Å²) in [6, 6.07) is 9.02. The number of pyridine rings is 1. The topological polar surface area (TPSA) is 90.7 Å². The Labute approximate surface area is 97.6 Å². The number of carboxylic acids is 1. The Balaban J connectivity index is 0.000000202. The Morgan fingerprint density at radius 3 is 2.06 bits per heavy atom. The van der Waals surface area contributed by atoms with Crippen molar-refractivity contribution in [1.82, 2.24) is 4.98 Å². The first-order valence-corrected chi connectivity index (χ1v) is 4.71. The van der Waals surface area contributed by atoms with Gasteiger partial charge in [-0.25, -0.2) is 4.79 Å². The van der Waals surface area contributed by atoms with Crippen LogP contribution in [0.1, 0.15) is 10.4 Å². The summed E-state index contributed by atoms with van der Waals surface area (Å²) in [7, 11) is 0. The van der Waals surface area contributed by atoms with Crippen LogP contribution in [0, 0.1) is 0 Å². The van der Waals surface area contributed by atoms with Crippen molar-refractivity contribution < 1.29 is 20.1 Å². The number of benzene rings is 1. The third kappa shape index (κ3) is 4.21. The number of rotatable bonds is 1. The predicted octanol–water partition coefficient (Wildman–Crippen LogP) is 1.88. The van der Waals surface area contributed by atoms with Crippen LogP contribution in [0.3, 0.4) is 0 Å². The van der Waals surface area contributed by atoms with E-state index in [0.717, 1.165) is 12.1 Å². The molecular weight excluding hydrogens is 222 g/mol. The predicted molar refractivity (Wildman–Crippen MR) is 61.0 cm³/mol. The first kappa shape index (κ1) is 12.5. The van der Waals surface area contributed by atoms with Gasteiger partial charge in [-0.05, 0) is 24.3 Å². The van der Waals surface area contributed by atoms with Crippen molar-refractivity contribution in [3.8, 4) is 11.5 Å². The summed E-state index contributed by atoms with van der Waals surface area (Å²) in [4.78, 5) is 14.1. The fraction of sp³-hybridized carbons (Fsp3) is 0. The maximum atomic E-state index is 10.3. The highest BCUT2D eigenvalue weighted by molar-refractivity contribution is 5.90. The molecule has 1 heterocycles. The molecule has 0 spiro atoms. The Morgan fingerprint density at radius 2 is 1.71 bits per heavy atom. The monoisotopic (exact) mass is 233 g/mol. The SMILES string of the molecule is O=C(O)c1ccc(O)cc1O.c1ccncc1. The van der Waals surface area contributed by atoms with Crippen LogP contribution in [0.5, 0.6) is 11.5 Å². The van der Waals surface area contributed by atoms with Gasteiger partial charge in [0.25, 0.3) is 0 Å². The minimum absolute atomic E-state index is 0.160. The minimum atomic E-state index is -1.22. The van der Waals surface area contributed by atoms with Gasteiger partial charge in [-0.15, -0.1) is 0 Å². The zero-order valence-corrected chi connectivity index (χ0v) is 8.82. The molecule has 1 aromatic heterocycles. The number of phenolic OH excluding ortho intramolecular Hbond substituents is 1. The van der Waals surface area contributed by atoms with E-state index in [2.05, 4.69) is 4.98 Å². The molecule has 5 nitrogen and oxygen atoms in total. The first-order valence-electron chi connectivity index (χ1n) is 4.71. The van der Waals surface area contributed by atoms with Gasteiger partial charge in [0.2, 0.25) is 0 Å². The lowest BCUT2D eigenvalue weighted by molar-refractivity contribution is 0.0693. The second-order valence-corrected chi connectivity index (χ2v) is 3.03. The van der Waals surface area contributed by atoms with Crippen LogP contribution in [0.4, 0.5) is 0 Å². The fourth-order valence-corrected chi connectivity index (χ4v) is 1.01. The largest absolute Gasteiger partial charge is 0.508 e. The van der Waals surface area contributed by atoms with E-state index in [9.17, 15) is 4.79 Å². The van der Waals surface area contributed by atoms with Crippen LogP contribution in [0.2, 0.25) is 0 Å². The summed E-state index contributed by atoms with van der Waals surface area (Å²) in [6.45, 7) is 0. The van der Waals surface area contributed by atoms with Gasteiger partial charge < -0.3 is 15.3 Å². The molecule has 0 amide bonds. The van der Waals surface area contributed by atoms with E-state index in [0.29, 0.717) is 0 Å². The third-order valence-electron chi connectivity index (χ3n) is 1.78.